The zero-order chi connectivity index (χ0) is 19.4. The third-order valence-corrected chi connectivity index (χ3v) is 6.26. The van der Waals surface area contributed by atoms with Crippen molar-refractivity contribution in [3.63, 3.8) is 0 Å². The highest BCUT2D eigenvalue weighted by molar-refractivity contribution is 7.88. The van der Waals surface area contributed by atoms with E-state index in [-0.39, 0.29) is 29.9 Å². The molecule has 2 N–H and O–H groups in total. The molecule has 5 nitrogen and oxygen atoms in total. The van der Waals surface area contributed by atoms with E-state index in [0.29, 0.717) is 12.2 Å². The summed E-state index contributed by atoms with van der Waals surface area (Å²) in [6.45, 7) is 1.29. The lowest BCUT2D eigenvalue weighted by Gasteiger charge is -2.35. The number of ether oxygens (including phenoxy) is 1. The molecule has 8 heteroatoms. The lowest BCUT2D eigenvalue weighted by Crippen LogP contribution is -2.55. The first kappa shape index (κ1) is 20.6. The van der Waals surface area contributed by atoms with Gasteiger partial charge < -0.3 is 10.1 Å². The van der Waals surface area contributed by atoms with E-state index < -0.39 is 15.8 Å². The fourth-order valence-electron chi connectivity index (χ4n) is 4.15. The largest absolute Gasteiger partial charge is 0.377 e. The summed E-state index contributed by atoms with van der Waals surface area (Å²) in [7, 11) is -3.26. The van der Waals surface area contributed by atoms with Crippen molar-refractivity contribution in [3.8, 4) is 0 Å². The quantitative estimate of drug-likeness (QED) is 0.768. The monoisotopic (exact) mass is 402 g/mol. The molecule has 0 amide bonds. The van der Waals surface area contributed by atoms with Crippen molar-refractivity contribution in [1.29, 1.82) is 0 Å². The first-order valence-electron chi connectivity index (χ1n) is 9.59. The van der Waals surface area contributed by atoms with Gasteiger partial charge in [0.15, 0.2) is 0 Å². The van der Waals surface area contributed by atoms with Crippen molar-refractivity contribution >= 4 is 10.0 Å². The Morgan fingerprint density at radius 3 is 2.63 bits per heavy atom. The lowest BCUT2D eigenvalue weighted by molar-refractivity contribution is 0.00506. The summed E-state index contributed by atoms with van der Waals surface area (Å²) in [5.74, 6) is -0.729. The summed E-state index contributed by atoms with van der Waals surface area (Å²) in [6.07, 6.45) is 6.05. The van der Waals surface area contributed by atoms with Crippen LogP contribution in [0.2, 0.25) is 0 Å². The van der Waals surface area contributed by atoms with Crippen LogP contribution in [0.4, 0.5) is 8.78 Å². The van der Waals surface area contributed by atoms with Gasteiger partial charge in [0.2, 0.25) is 10.0 Å². The van der Waals surface area contributed by atoms with Crippen molar-refractivity contribution in [2.24, 2.45) is 0 Å². The predicted molar refractivity (Wildman–Crippen MR) is 100 cm³/mol. The Labute approximate surface area is 159 Å². The van der Waals surface area contributed by atoms with Crippen LogP contribution in [0.1, 0.15) is 50.0 Å². The first-order valence-corrected chi connectivity index (χ1v) is 11.5. The molecule has 1 aliphatic carbocycles. The van der Waals surface area contributed by atoms with Crippen LogP contribution >= 0.6 is 0 Å². The van der Waals surface area contributed by atoms with Crippen molar-refractivity contribution in [3.05, 3.63) is 35.4 Å². The van der Waals surface area contributed by atoms with E-state index in [0.717, 1.165) is 51.1 Å². The van der Waals surface area contributed by atoms with Gasteiger partial charge in [-0.25, -0.2) is 21.9 Å². The molecule has 2 atom stereocenters. The highest BCUT2D eigenvalue weighted by Gasteiger charge is 2.30. The maximum atomic E-state index is 14.0. The lowest BCUT2D eigenvalue weighted by atomic mass is 9.82. The fraction of sp³-hybridized carbons (Fsp3) is 0.684. The number of hydrogen-bond acceptors (Lipinski definition) is 4. The van der Waals surface area contributed by atoms with Gasteiger partial charge in [-0.05, 0) is 74.8 Å². The van der Waals surface area contributed by atoms with Gasteiger partial charge >= 0.3 is 0 Å². The average molecular weight is 403 g/mol. The van der Waals surface area contributed by atoms with E-state index in [9.17, 15) is 17.2 Å². The van der Waals surface area contributed by atoms with Gasteiger partial charge in [-0.1, -0.05) is 0 Å². The van der Waals surface area contributed by atoms with Crippen LogP contribution in [0.3, 0.4) is 0 Å². The standard InChI is InChI=1S/C19H28F2N2O3S/c1-27(24,25)23-18-3-2-10-22-19(18)12-26-15-7-4-13(5-8-15)16-11-14(20)6-9-17(16)21/h6,9,11,13,15,18-19,22-23H,2-5,7-8,10,12H2,1H3/t13-,15+,18-,19-/m0/s1. The van der Waals surface area contributed by atoms with Crippen LogP contribution in [0.5, 0.6) is 0 Å². The maximum absolute atomic E-state index is 14.0. The fourth-order valence-corrected chi connectivity index (χ4v) is 4.98. The molecule has 0 aromatic heterocycles. The predicted octanol–water partition coefficient (Wildman–Crippen LogP) is 2.68. The molecule has 3 rings (SSSR count). The molecule has 0 radical (unpaired) electrons. The average Bonchev–Trinajstić information content (AvgIpc) is 2.62. The Hall–Kier alpha value is -1.09. The molecule has 2 fully saturated rings. The molecule has 0 unspecified atom stereocenters. The highest BCUT2D eigenvalue weighted by Crippen LogP contribution is 2.35. The van der Waals surface area contributed by atoms with Gasteiger partial charge in [-0.15, -0.1) is 0 Å². The van der Waals surface area contributed by atoms with Gasteiger partial charge in [0.05, 0.1) is 19.0 Å². The SMILES string of the molecule is CS(=O)(=O)N[C@H]1CCCN[C@H]1CO[C@H]1CC[C@@H](c2cc(F)ccc2F)CC1. The number of benzene rings is 1. The Morgan fingerprint density at radius 2 is 1.93 bits per heavy atom. The van der Waals surface area contributed by atoms with Crippen molar-refractivity contribution in [2.45, 2.75) is 62.6 Å². The van der Waals surface area contributed by atoms with E-state index >= 15 is 0 Å². The van der Waals surface area contributed by atoms with E-state index in [4.69, 9.17) is 4.74 Å². The molecular weight excluding hydrogens is 374 g/mol. The number of halogens is 2. The zero-order valence-electron chi connectivity index (χ0n) is 15.6. The summed E-state index contributed by atoms with van der Waals surface area (Å²) < 4.78 is 59.2. The topological polar surface area (TPSA) is 67.4 Å². The molecular formula is C19H28F2N2O3S. The molecule has 2 aliphatic rings. The van der Waals surface area contributed by atoms with Crippen molar-refractivity contribution < 1.29 is 21.9 Å². The van der Waals surface area contributed by atoms with E-state index in [2.05, 4.69) is 10.0 Å². The summed E-state index contributed by atoms with van der Waals surface area (Å²) >= 11 is 0. The maximum Gasteiger partial charge on any atom is 0.209 e. The summed E-state index contributed by atoms with van der Waals surface area (Å²) in [6, 6.07) is 3.43. The minimum absolute atomic E-state index is 0.0213. The summed E-state index contributed by atoms with van der Waals surface area (Å²) in [5, 5.41) is 3.34. The minimum Gasteiger partial charge on any atom is -0.377 e. The van der Waals surface area contributed by atoms with Crippen molar-refractivity contribution in [1.82, 2.24) is 10.0 Å². The van der Waals surface area contributed by atoms with Gasteiger partial charge in [-0.3, -0.25) is 0 Å². The Balaban J connectivity index is 1.49. The summed E-state index contributed by atoms with van der Waals surface area (Å²) in [5.41, 5.74) is 0.458. The number of nitrogens with one attached hydrogen (secondary N) is 2. The van der Waals surface area contributed by atoms with Crippen LogP contribution < -0.4 is 10.0 Å². The molecule has 1 aromatic carbocycles. The van der Waals surface area contributed by atoms with E-state index in [1.165, 1.54) is 18.4 Å². The molecule has 1 aromatic rings. The Kier molecular flexibility index (Phi) is 6.83. The second-order valence-electron chi connectivity index (χ2n) is 7.67. The van der Waals surface area contributed by atoms with Crippen LogP contribution in [0.15, 0.2) is 18.2 Å². The van der Waals surface area contributed by atoms with Gasteiger partial charge in [-0.2, -0.15) is 0 Å². The van der Waals surface area contributed by atoms with Crippen molar-refractivity contribution in [2.75, 3.05) is 19.4 Å². The van der Waals surface area contributed by atoms with Gasteiger partial charge in [0.1, 0.15) is 11.6 Å². The molecule has 1 heterocycles. The number of sulfonamides is 1. The van der Waals surface area contributed by atoms with Crippen LogP contribution in [-0.4, -0.2) is 46.0 Å². The molecule has 152 valence electrons. The summed E-state index contributed by atoms with van der Waals surface area (Å²) in [4.78, 5) is 0. The zero-order valence-corrected chi connectivity index (χ0v) is 16.4. The number of rotatable bonds is 6. The van der Waals surface area contributed by atoms with Crippen LogP contribution in [0, 0.1) is 11.6 Å². The van der Waals surface area contributed by atoms with E-state index in [1.54, 1.807) is 0 Å². The first-order chi connectivity index (χ1) is 12.8. The third kappa shape index (κ3) is 5.94. The highest BCUT2D eigenvalue weighted by atomic mass is 32.2. The molecule has 27 heavy (non-hydrogen) atoms. The van der Waals surface area contributed by atoms with Gasteiger partial charge in [0.25, 0.3) is 0 Å². The number of piperidine rings is 1. The molecule has 1 saturated carbocycles. The second-order valence-corrected chi connectivity index (χ2v) is 9.45. The third-order valence-electron chi connectivity index (χ3n) is 5.53. The van der Waals surface area contributed by atoms with Crippen LogP contribution in [-0.2, 0) is 14.8 Å². The van der Waals surface area contributed by atoms with Crippen LogP contribution in [0.25, 0.3) is 0 Å². The number of hydrogen-bond donors (Lipinski definition) is 2. The van der Waals surface area contributed by atoms with E-state index in [1.807, 2.05) is 0 Å². The minimum atomic E-state index is -3.26. The smallest absolute Gasteiger partial charge is 0.209 e. The Bertz CT molecular complexity index is 736. The molecule has 0 spiro atoms. The Morgan fingerprint density at radius 1 is 1.19 bits per heavy atom. The molecule has 1 aliphatic heterocycles. The molecule has 1 saturated heterocycles. The van der Waals surface area contributed by atoms with Gasteiger partial charge in [0, 0.05) is 12.1 Å². The second kappa shape index (κ2) is 8.94. The normalized spacial score (nSPS) is 29.6. The molecule has 0 bridgehead atoms.